The van der Waals surface area contributed by atoms with Gasteiger partial charge in [0.15, 0.2) is 11.5 Å². The van der Waals surface area contributed by atoms with Gasteiger partial charge in [0.1, 0.15) is 5.60 Å². The Balaban J connectivity index is 1.46. The topological polar surface area (TPSA) is 99.9 Å². The summed E-state index contributed by atoms with van der Waals surface area (Å²) < 4.78 is 7.13. The maximum absolute atomic E-state index is 12.8. The first-order valence-corrected chi connectivity index (χ1v) is 8.60. The maximum atomic E-state index is 12.8. The third kappa shape index (κ3) is 2.53. The first-order chi connectivity index (χ1) is 11.9. The number of hydrogen-bond donors (Lipinski definition) is 2. The number of carbonyl (C=O) groups is 2. The van der Waals surface area contributed by atoms with Crippen molar-refractivity contribution in [2.45, 2.75) is 37.6 Å². The van der Waals surface area contributed by atoms with Crippen molar-refractivity contribution >= 4 is 17.8 Å². The number of aliphatic hydroxyl groups is 1. The highest BCUT2D eigenvalue weighted by molar-refractivity contribution is 5.99. The normalized spacial score (nSPS) is 32.0. The van der Waals surface area contributed by atoms with Crippen molar-refractivity contribution in [3.63, 3.8) is 0 Å². The molecule has 9 heteroatoms. The molecule has 2 fully saturated rings. The molecular formula is C16H23N5O4. The fraction of sp³-hybridized carbons (Fsp3) is 0.688. The van der Waals surface area contributed by atoms with Gasteiger partial charge in [0, 0.05) is 20.6 Å². The molecule has 25 heavy (non-hydrogen) atoms. The van der Waals surface area contributed by atoms with Crippen LogP contribution in [0.25, 0.3) is 0 Å². The molecule has 0 radical (unpaired) electrons. The van der Waals surface area contributed by atoms with E-state index in [1.54, 1.807) is 29.9 Å². The van der Waals surface area contributed by atoms with Crippen molar-refractivity contribution in [2.24, 2.45) is 13.0 Å². The van der Waals surface area contributed by atoms with Gasteiger partial charge >= 0.3 is 6.09 Å². The first kappa shape index (κ1) is 16.2. The van der Waals surface area contributed by atoms with Crippen LogP contribution in [0.5, 0.6) is 0 Å². The van der Waals surface area contributed by atoms with Crippen LogP contribution in [0.3, 0.4) is 0 Å². The summed E-state index contributed by atoms with van der Waals surface area (Å²) in [6.07, 6.45) is 3.49. The van der Waals surface area contributed by atoms with Crippen LogP contribution in [0.1, 0.15) is 36.2 Å². The number of imidazole rings is 1. The molecule has 2 amide bonds. The predicted octanol–water partition coefficient (Wildman–Crippen LogP) is 0.257. The van der Waals surface area contributed by atoms with Gasteiger partial charge < -0.3 is 24.6 Å². The average molecular weight is 349 g/mol. The van der Waals surface area contributed by atoms with E-state index in [4.69, 9.17) is 4.74 Å². The van der Waals surface area contributed by atoms with E-state index in [0.717, 1.165) is 25.7 Å². The highest BCUT2D eigenvalue weighted by atomic mass is 16.6. The Morgan fingerprint density at radius 3 is 2.72 bits per heavy atom. The molecule has 1 unspecified atom stereocenters. The Labute approximate surface area is 145 Å². The van der Waals surface area contributed by atoms with Gasteiger partial charge in [-0.3, -0.25) is 9.69 Å². The molecule has 1 saturated carbocycles. The Hall–Kier alpha value is -2.29. The maximum Gasteiger partial charge on any atom is 0.407 e. The molecule has 4 rings (SSSR count). The van der Waals surface area contributed by atoms with Crippen LogP contribution in [0.15, 0.2) is 6.33 Å². The van der Waals surface area contributed by atoms with Crippen molar-refractivity contribution in [3.8, 4) is 0 Å². The van der Waals surface area contributed by atoms with Gasteiger partial charge in [-0.15, -0.1) is 0 Å². The molecule has 1 aromatic heterocycles. The molecule has 1 saturated heterocycles. The Morgan fingerprint density at radius 2 is 2.08 bits per heavy atom. The van der Waals surface area contributed by atoms with Crippen LogP contribution in [-0.4, -0.2) is 63.6 Å². The molecule has 2 aliphatic heterocycles. The van der Waals surface area contributed by atoms with E-state index in [1.165, 1.54) is 4.90 Å². The van der Waals surface area contributed by atoms with Gasteiger partial charge in [0.05, 0.1) is 12.9 Å². The number of aromatic nitrogens is 2. The van der Waals surface area contributed by atoms with E-state index in [0.29, 0.717) is 24.6 Å². The van der Waals surface area contributed by atoms with E-state index < -0.39 is 6.35 Å². The zero-order valence-corrected chi connectivity index (χ0v) is 14.4. The summed E-state index contributed by atoms with van der Waals surface area (Å²) in [4.78, 5) is 31.5. The van der Waals surface area contributed by atoms with Gasteiger partial charge in [-0.25, -0.2) is 9.78 Å². The quantitative estimate of drug-likeness (QED) is 0.794. The molecule has 1 aromatic rings. The number of alkyl carbamates (subject to hydrolysis) is 1. The lowest BCUT2D eigenvalue weighted by Gasteiger charge is -2.42. The number of carbonyl (C=O) groups excluding carboxylic acids is 2. The molecule has 136 valence electrons. The van der Waals surface area contributed by atoms with Gasteiger partial charge in [-0.05, 0) is 31.6 Å². The number of nitrogens with one attached hydrogen (secondary N) is 1. The van der Waals surface area contributed by atoms with E-state index in [1.807, 2.05) is 0 Å². The third-order valence-electron chi connectivity index (χ3n) is 5.68. The van der Waals surface area contributed by atoms with Crippen LogP contribution in [-0.2, 0) is 11.8 Å². The fourth-order valence-electron chi connectivity index (χ4n) is 4.10. The third-order valence-corrected chi connectivity index (χ3v) is 5.68. The smallest absolute Gasteiger partial charge is 0.407 e. The van der Waals surface area contributed by atoms with Crippen molar-refractivity contribution in [2.75, 3.05) is 25.0 Å². The Kier molecular flexibility index (Phi) is 3.64. The highest BCUT2D eigenvalue weighted by Gasteiger charge is 2.45. The minimum absolute atomic E-state index is 0.199. The van der Waals surface area contributed by atoms with Crippen molar-refractivity contribution in [1.82, 2.24) is 19.8 Å². The Morgan fingerprint density at radius 1 is 1.36 bits per heavy atom. The van der Waals surface area contributed by atoms with Crippen LogP contribution in [0, 0.1) is 5.92 Å². The summed E-state index contributed by atoms with van der Waals surface area (Å²) in [5.74, 6) is 0.573. The minimum Gasteiger partial charge on any atom is -0.441 e. The second-order valence-corrected chi connectivity index (χ2v) is 7.31. The molecule has 1 spiro atoms. The molecule has 0 aromatic carbocycles. The number of anilines is 1. The molecule has 1 atom stereocenters. The van der Waals surface area contributed by atoms with Crippen LogP contribution in [0.4, 0.5) is 10.6 Å². The number of nitrogens with zero attached hydrogens (tertiary/aromatic N) is 4. The molecule has 0 bridgehead atoms. The standard InChI is InChI=1S/C16H23N5O4/c1-19-9-18-12-11(19)13(22)21(15(24)20(12)2)7-10-3-5-16(6-4-10)8-17-14(23)25-16/h9-10,15,24H,3-8H2,1-2H3,(H,17,23). The largest absolute Gasteiger partial charge is 0.441 e. The van der Waals surface area contributed by atoms with Gasteiger partial charge in [0.2, 0.25) is 6.35 Å². The van der Waals surface area contributed by atoms with Crippen molar-refractivity contribution in [3.05, 3.63) is 12.0 Å². The summed E-state index contributed by atoms with van der Waals surface area (Å²) in [6, 6.07) is 0. The number of amides is 2. The number of fused-ring (bicyclic) bond motifs is 1. The van der Waals surface area contributed by atoms with E-state index in [-0.39, 0.29) is 23.5 Å². The summed E-state index contributed by atoms with van der Waals surface area (Å²) >= 11 is 0. The second kappa shape index (κ2) is 5.62. The van der Waals surface area contributed by atoms with Gasteiger partial charge in [-0.2, -0.15) is 0 Å². The van der Waals surface area contributed by atoms with E-state index in [9.17, 15) is 14.7 Å². The van der Waals surface area contributed by atoms with Crippen molar-refractivity contribution < 1.29 is 19.4 Å². The summed E-state index contributed by atoms with van der Waals surface area (Å²) in [6.45, 7) is 1.04. The Bertz CT molecular complexity index is 709. The summed E-state index contributed by atoms with van der Waals surface area (Å²) in [5, 5.41) is 13.3. The summed E-state index contributed by atoms with van der Waals surface area (Å²) in [5.41, 5.74) is 0.110. The second-order valence-electron chi connectivity index (χ2n) is 7.31. The SMILES string of the molecule is CN1c2ncn(C)c2C(=O)N(CC2CCC3(CC2)CNC(=O)O3)C1O. The molecule has 3 aliphatic rings. The highest BCUT2D eigenvalue weighted by Crippen LogP contribution is 2.38. The average Bonchev–Trinajstić information content (AvgIpc) is 3.15. The number of hydrogen-bond acceptors (Lipinski definition) is 6. The van der Waals surface area contributed by atoms with E-state index >= 15 is 0 Å². The number of ether oxygens (including phenoxy) is 1. The summed E-state index contributed by atoms with van der Waals surface area (Å²) in [7, 11) is 3.51. The van der Waals surface area contributed by atoms with Gasteiger partial charge in [-0.1, -0.05) is 0 Å². The predicted molar refractivity (Wildman–Crippen MR) is 87.8 cm³/mol. The number of aryl methyl sites for hydroxylation is 1. The first-order valence-electron chi connectivity index (χ1n) is 8.60. The van der Waals surface area contributed by atoms with Gasteiger partial charge in [0.25, 0.3) is 5.91 Å². The lowest BCUT2D eigenvalue weighted by atomic mass is 9.78. The molecule has 2 N–H and O–H groups in total. The fourth-order valence-corrected chi connectivity index (χ4v) is 4.10. The monoisotopic (exact) mass is 349 g/mol. The number of rotatable bonds is 2. The molecule has 9 nitrogen and oxygen atoms in total. The molecule has 1 aliphatic carbocycles. The number of aliphatic hydroxyl groups excluding tert-OH is 1. The van der Waals surface area contributed by atoms with E-state index in [2.05, 4.69) is 10.3 Å². The minimum atomic E-state index is -1.02. The van der Waals surface area contributed by atoms with Crippen LogP contribution >= 0.6 is 0 Å². The molecular weight excluding hydrogens is 326 g/mol. The van der Waals surface area contributed by atoms with Crippen LogP contribution in [0.2, 0.25) is 0 Å². The lowest BCUT2D eigenvalue weighted by Crippen LogP contribution is -2.56. The lowest BCUT2D eigenvalue weighted by molar-refractivity contribution is -0.0202. The zero-order valence-electron chi connectivity index (χ0n) is 14.4. The van der Waals surface area contributed by atoms with Crippen molar-refractivity contribution in [1.29, 1.82) is 0 Å². The van der Waals surface area contributed by atoms with Crippen LogP contribution < -0.4 is 10.2 Å². The molecule has 3 heterocycles. The zero-order chi connectivity index (χ0) is 17.8.